The number of rotatable bonds is 4. The minimum absolute atomic E-state index is 0.0170. The molecule has 144 valence electrons. The lowest BCUT2D eigenvalue weighted by atomic mass is 10.1. The number of amides is 2. The molecule has 0 bridgehead atoms. The largest absolute Gasteiger partial charge is 0.364 e. The summed E-state index contributed by atoms with van der Waals surface area (Å²) in [6.07, 6.45) is 1.48. The summed E-state index contributed by atoms with van der Waals surface area (Å²) in [5.41, 5.74) is 10.2. The van der Waals surface area contributed by atoms with Crippen molar-refractivity contribution in [3.63, 3.8) is 0 Å². The van der Waals surface area contributed by atoms with E-state index in [1.54, 1.807) is 10.5 Å². The number of aryl methyl sites for hydroxylation is 2. The fraction of sp³-hybridized carbons (Fsp3) is 0.0909. The third-order valence-electron chi connectivity index (χ3n) is 4.67. The predicted octanol–water partition coefficient (Wildman–Crippen LogP) is 3.36. The summed E-state index contributed by atoms with van der Waals surface area (Å²) >= 11 is 0. The number of nitrogens with one attached hydrogen (secondary N) is 1. The molecule has 2 amide bonds. The second-order valence-corrected chi connectivity index (χ2v) is 6.82. The lowest BCUT2D eigenvalue weighted by Gasteiger charge is -2.11. The number of aromatic nitrogens is 3. The Kier molecular flexibility index (Phi) is 4.56. The first-order valence-electron chi connectivity index (χ1n) is 9.06. The zero-order valence-electron chi connectivity index (χ0n) is 16.0. The number of fused-ring (bicyclic) bond motifs is 1. The van der Waals surface area contributed by atoms with Gasteiger partial charge in [-0.05, 0) is 37.1 Å². The van der Waals surface area contributed by atoms with Gasteiger partial charge in [0.05, 0.1) is 5.69 Å². The Morgan fingerprint density at radius 1 is 1.03 bits per heavy atom. The lowest BCUT2D eigenvalue weighted by Crippen LogP contribution is -2.17. The van der Waals surface area contributed by atoms with Crippen LogP contribution in [0.15, 0.2) is 60.9 Å². The molecule has 0 aliphatic rings. The van der Waals surface area contributed by atoms with Gasteiger partial charge in [0.2, 0.25) is 0 Å². The number of hydrogen-bond donors (Lipinski definition) is 2. The molecule has 3 N–H and O–H groups in total. The van der Waals surface area contributed by atoms with Crippen molar-refractivity contribution in [2.24, 2.45) is 5.73 Å². The van der Waals surface area contributed by atoms with Gasteiger partial charge in [-0.15, -0.1) is 0 Å². The minimum Gasteiger partial charge on any atom is -0.364 e. The molecule has 4 rings (SSSR count). The normalized spacial score (nSPS) is 10.8. The van der Waals surface area contributed by atoms with Crippen molar-refractivity contribution in [2.45, 2.75) is 13.8 Å². The van der Waals surface area contributed by atoms with Crippen LogP contribution in [0.2, 0.25) is 0 Å². The molecule has 0 spiro atoms. The first-order valence-corrected chi connectivity index (χ1v) is 9.06. The topological polar surface area (TPSA) is 102 Å². The van der Waals surface area contributed by atoms with Gasteiger partial charge in [-0.3, -0.25) is 14.0 Å². The van der Waals surface area contributed by atoms with Gasteiger partial charge in [0.15, 0.2) is 11.3 Å². The molecule has 0 atom stereocenters. The van der Waals surface area contributed by atoms with E-state index in [9.17, 15) is 9.59 Å². The Balaban J connectivity index is 1.84. The lowest BCUT2D eigenvalue weighted by molar-refractivity contribution is 0.0993. The number of carbonyl (C=O) groups is 2. The standard InChI is InChI=1S/C22H19N5O2/c1-13-8-9-16(14(2)10-13)26-22(29)17-11-18(15-6-4-3-5-7-15)27-12-24-19(20(23)28)21(27)25-17/h3-12H,1-2H3,(H2,23,28)(H,26,29). The Bertz CT molecular complexity index is 1250. The highest BCUT2D eigenvalue weighted by Crippen LogP contribution is 2.24. The zero-order valence-corrected chi connectivity index (χ0v) is 16.0. The summed E-state index contributed by atoms with van der Waals surface area (Å²) in [7, 11) is 0. The second kappa shape index (κ2) is 7.20. The van der Waals surface area contributed by atoms with Gasteiger partial charge >= 0.3 is 0 Å². The van der Waals surface area contributed by atoms with Gasteiger partial charge in [-0.2, -0.15) is 0 Å². The van der Waals surface area contributed by atoms with E-state index in [0.717, 1.165) is 16.7 Å². The number of carbonyl (C=O) groups excluding carboxylic acids is 2. The maximum Gasteiger partial charge on any atom is 0.274 e. The van der Waals surface area contributed by atoms with Crippen LogP contribution in [-0.4, -0.2) is 26.2 Å². The summed E-state index contributed by atoms with van der Waals surface area (Å²) in [5, 5.41) is 2.89. The SMILES string of the molecule is Cc1ccc(NC(=O)c2cc(-c3ccccc3)n3cnc(C(N)=O)c3n2)c(C)c1. The molecule has 0 fully saturated rings. The summed E-state index contributed by atoms with van der Waals surface area (Å²) in [5.74, 6) is -1.08. The highest BCUT2D eigenvalue weighted by Gasteiger charge is 2.19. The smallest absolute Gasteiger partial charge is 0.274 e. The van der Waals surface area contributed by atoms with Gasteiger partial charge in [0, 0.05) is 5.69 Å². The molecule has 0 aliphatic heterocycles. The van der Waals surface area contributed by atoms with Crippen LogP contribution < -0.4 is 11.1 Å². The summed E-state index contributed by atoms with van der Waals surface area (Å²) in [4.78, 5) is 33.2. The van der Waals surface area contributed by atoms with Gasteiger partial charge in [0.1, 0.15) is 12.0 Å². The number of nitrogens with zero attached hydrogens (tertiary/aromatic N) is 3. The van der Waals surface area contributed by atoms with Gasteiger partial charge < -0.3 is 11.1 Å². The zero-order chi connectivity index (χ0) is 20.5. The molecule has 0 unspecified atom stereocenters. The number of primary amides is 1. The molecule has 2 aromatic carbocycles. The quantitative estimate of drug-likeness (QED) is 0.562. The third-order valence-corrected chi connectivity index (χ3v) is 4.67. The molecule has 0 saturated heterocycles. The fourth-order valence-electron chi connectivity index (χ4n) is 3.23. The van der Waals surface area contributed by atoms with Crippen molar-refractivity contribution in [1.29, 1.82) is 0 Å². The molecular weight excluding hydrogens is 366 g/mol. The van der Waals surface area contributed by atoms with E-state index in [2.05, 4.69) is 15.3 Å². The molecule has 7 heteroatoms. The van der Waals surface area contributed by atoms with Crippen LogP contribution in [-0.2, 0) is 0 Å². The Morgan fingerprint density at radius 3 is 2.48 bits per heavy atom. The van der Waals surface area contributed by atoms with E-state index < -0.39 is 5.91 Å². The first-order chi connectivity index (χ1) is 13.9. The maximum atomic E-state index is 13.0. The van der Waals surface area contributed by atoms with Gasteiger partial charge in [-0.25, -0.2) is 9.97 Å². The number of nitrogens with two attached hydrogens (primary N) is 1. The molecule has 0 saturated carbocycles. The van der Waals surface area contributed by atoms with E-state index in [4.69, 9.17) is 5.73 Å². The Hall–Kier alpha value is -4.00. The van der Waals surface area contributed by atoms with Crippen LogP contribution in [0.1, 0.15) is 32.1 Å². The van der Waals surface area contributed by atoms with Crippen LogP contribution in [0.25, 0.3) is 16.9 Å². The van der Waals surface area contributed by atoms with Crippen molar-refractivity contribution >= 4 is 23.1 Å². The monoisotopic (exact) mass is 385 g/mol. The molecule has 7 nitrogen and oxygen atoms in total. The van der Waals surface area contributed by atoms with E-state index >= 15 is 0 Å². The summed E-state index contributed by atoms with van der Waals surface area (Å²) < 4.78 is 1.66. The fourth-order valence-corrected chi connectivity index (χ4v) is 3.23. The van der Waals surface area contributed by atoms with Gasteiger partial charge in [0.25, 0.3) is 11.8 Å². The third kappa shape index (κ3) is 3.45. The Labute approximate surface area is 167 Å². The van der Waals surface area contributed by atoms with E-state index in [1.165, 1.54) is 6.33 Å². The van der Waals surface area contributed by atoms with Crippen LogP contribution in [0.5, 0.6) is 0 Å². The second-order valence-electron chi connectivity index (χ2n) is 6.82. The van der Waals surface area contributed by atoms with Crippen LogP contribution in [0, 0.1) is 13.8 Å². The van der Waals surface area contributed by atoms with E-state index in [1.807, 2.05) is 62.4 Å². The van der Waals surface area contributed by atoms with Crippen molar-refractivity contribution in [2.75, 3.05) is 5.32 Å². The minimum atomic E-state index is -0.703. The van der Waals surface area contributed by atoms with Crippen LogP contribution >= 0.6 is 0 Å². The van der Waals surface area contributed by atoms with Crippen LogP contribution in [0.3, 0.4) is 0 Å². The van der Waals surface area contributed by atoms with Gasteiger partial charge in [-0.1, -0.05) is 48.0 Å². The van der Waals surface area contributed by atoms with E-state index in [-0.39, 0.29) is 22.9 Å². The number of hydrogen-bond acceptors (Lipinski definition) is 4. The molecule has 4 aromatic rings. The highest BCUT2D eigenvalue weighted by molar-refractivity contribution is 6.05. The van der Waals surface area contributed by atoms with Crippen molar-refractivity contribution in [3.8, 4) is 11.3 Å². The number of anilines is 1. The number of benzene rings is 2. The van der Waals surface area contributed by atoms with Crippen molar-refractivity contribution in [1.82, 2.24) is 14.4 Å². The maximum absolute atomic E-state index is 13.0. The summed E-state index contributed by atoms with van der Waals surface area (Å²) in [6.45, 7) is 3.92. The molecular formula is C22H19N5O2. The molecule has 0 radical (unpaired) electrons. The number of imidazole rings is 1. The van der Waals surface area contributed by atoms with Crippen molar-refractivity contribution < 1.29 is 9.59 Å². The predicted molar refractivity (Wildman–Crippen MR) is 111 cm³/mol. The first kappa shape index (κ1) is 18.4. The molecule has 2 aromatic heterocycles. The average Bonchev–Trinajstić information content (AvgIpc) is 3.14. The van der Waals surface area contributed by atoms with Crippen LogP contribution in [0.4, 0.5) is 5.69 Å². The average molecular weight is 385 g/mol. The van der Waals surface area contributed by atoms with Crippen molar-refractivity contribution in [3.05, 3.63) is 83.4 Å². The van der Waals surface area contributed by atoms with E-state index in [0.29, 0.717) is 11.4 Å². The molecule has 29 heavy (non-hydrogen) atoms. The molecule has 2 heterocycles. The highest BCUT2D eigenvalue weighted by atomic mass is 16.2. The summed E-state index contributed by atoms with van der Waals surface area (Å²) in [6, 6.07) is 16.9. The molecule has 0 aliphatic carbocycles. The Morgan fingerprint density at radius 2 is 1.79 bits per heavy atom.